The number of sulfone groups is 1. The van der Waals surface area contributed by atoms with Crippen LogP contribution < -0.4 is 4.90 Å². The van der Waals surface area contributed by atoms with Crippen molar-refractivity contribution < 1.29 is 8.42 Å². The number of benzene rings is 1. The van der Waals surface area contributed by atoms with Gasteiger partial charge >= 0.3 is 0 Å². The molecule has 0 aliphatic carbocycles. The lowest BCUT2D eigenvalue weighted by Gasteiger charge is -2.24. The quantitative estimate of drug-likeness (QED) is 0.834. The minimum absolute atomic E-state index is 0.0608. The fraction of sp³-hybridized carbons (Fsp3) is 0.588. The minimum Gasteiger partial charge on any atom is -0.321 e. The zero-order chi connectivity index (χ0) is 16.6. The molecule has 3 rings (SSSR count). The second kappa shape index (κ2) is 6.48. The molecule has 126 valence electrons. The number of thioether (sulfide) groups is 1. The number of amidine groups is 1. The molecule has 0 unspecified atom stereocenters. The van der Waals surface area contributed by atoms with Gasteiger partial charge in [0.1, 0.15) is 0 Å². The summed E-state index contributed by atoms with van der Waals surface area (Å²) in [6, 6.07) is 8.59. The average molecular weight is 353 g/mol. The summed E-state index contributed by atoms with van der Waals surface area (Å²) < 4.78 is 23.4. The van der Waals surface area contributed by atoms with Crippen LogP contribution in [0.5, 0.6) is 0 Å². The molecule has 2 heterocycles. The van der Waals surface area contributed by atoms with Crippen LogP contribution >= 0.6 is 11.8 Å². The van der Waals surface area contributed by atoms with E-state index in [1.54, 1.807) is 11.8 Å². The normalized spacial score (nSPS) is 25.5. The molecule has 6 heteroatoms. The second-order valence-corrected chi connectivity index (χ2v) is 9.97. The molecule has 0 saturated carbocycles. The van der Waals surface area contributed by atoms with Crippen molar-refractivity contribution >= 4 is 32.5 Å². The maximum absolute atomic E-state index is 11.7. The fourth-order valence-electron chi connectivity index (χ4n) is 3.07. The van der Waals surface area contributed by atoms with E-state index in [0.29, 0.717) is 5.92 Å². The highest BCUT2D eigenvalue weighted by molar-refractivity contribution is 8.15. The summed E-state index contributed by atoms with van der Waals surface area (Å²) in [7, 11) is -2.89. The van der Waals surface area contributed by atoms with E-state index in [1.807, 2.05) is 0 Å². The first kappa shape index (κ1) is 16.8. The molecule has 1 fully saturated rings. The highest BCUT2D eigenvalue weighted by Gasteiger charge is 2.43. The van der Waals surface area contributed by atoms with Gasteiger partial charge in [-0.25, -0.2) is 8.42 Å². The van der Waals surface area contributed by atoms with Crippen molar-refractivity contribution in [3.63, 3.8) is 0 Å². The molecule has 0 amide bonds. The van der Waals surface area contributed by atoms with E-state index in [2.05, 4.69) is 49.9 Å². The van der Waals surface area contributed by atoms with E-state index >= 15 is 0 Å². The van der Waals surface area contributed by atoms with Crippen molar-refractivity contribution in [2.45, 2.75) is 44.4 Å². The van der Waals surface area contributed by atoms with Crippen molar-refractivity contribution in [3.8, 4) is 0 Å². The van der Waals surface area contributed by atoms with Crippen LogP contribution in [-0.4, -0.2) is 42.9 Å². The van der Waals surface area contributed by atoms with Crippen molar-refractivity contribution in [1.82, 2.24) is 0 Å². The molecular formula is C17H24N2O2S2. The predicted octanol–water partition coefficient (Wildman–Crippen LogP) is 3.29. The van der Waals surface area contributed by atoms with Crippen molar-refractivity contribution in [2.75, 3.05) is 23.0 Å². The summed E-state index contributed by atoms with van der Waals surface area (Å²) >= 11 is 1.63. The Balaban J connectivity index is 1.83. The molecule has 0 spiro atoms. The Kier molecular flexibility index (Phi) is 4.74. The van der Waals surface area contributed by atoms with E-state index < -0.39 is 9.84 Å². The summed E-state index contributed by atoms with van der Waals surface area (Å²) in [5.74, 6) is 0.994. The monoisotopic (exact) mass is 352 g/mol. The maximum Gasteiger partial charge on any atom is 0.164 e. The summed E-state index contributed by atoms with van der Waals surface area (Å²) in [4.78, 5) is 6.96. The Labute approximate surface area is 143 Å². The highest BCUT2D eigenvalue weighted by Crippen LogP contribution is 2.37. The zero-order valence-corrected chi connectivity index (χ0v) is 15.5. The van der Waals surface area contributed by atoms with Crippen molar-refractivity contribution in [1.29, 1.82) is 0 Å². The molecule has 2 aliphatic rings. The third-order valence-electron chi connectivity index (χ3n) is 4.35. The van der Waals surface area contributed by atoms with Crippen LogP contribution in [0.2, 0.25) is 0 Å². The van der Waals surface area contributed by atoms with Crippen LogP contribution in [-0.2, 0) is 9.84 Å². The second-order valence-electron chi connectivity index (χ2n) is 6.61. The van der Waals surface area contributed by atoms with Gasteiger partial charge in [-0.1, -0.05) is 44.7 Å². The van der Waals surface area contributed by atoms with Gasteiger partial charge in [-0.05, 0) is 30.0 Å². The van der Waals surface area contributed by atoms with Gasteiger partial charge in [0, 0.05) is 17.5 Å². The summed E-state index contributed by atoms with van der Waals surface area (Å²) in [6.45, 7) is 7.44. The average Bonchev–Trinajstić information content (AvgIpc) is 2.98. The molecule has 23 heavy (non-hydrogen) atoms. The molecule has 1 aromatic carbocycles. The number of hydrogen-bond acceptors (Lipinski definition) is 5. The molecule has 4 nitrogen and oxygen atoms in total. The van der Waals surface area contributed by atoms with E-state index in [1.165, 1.54) is 5.56 Å². The van der Waals surface area contributed by atoms with Crippen LogP contribution in [0.1, 0.15) is 38.7 Å². The third-order valence-corrected chi connectivity index (χ3v) is 7.60. The summed E-state index contributed by atoms with van der Waals surface area (Å²) in [5.41, 5.74) is 2.47. The van der Waals surface area contributed by atoms with Crippen molar-refractivity contribution in [3.05, 3.63) is 29.8 Å². The minimum atomic E-state index is -2.89. The molecule has 0 N–H and O–H groups in total. The van der Waals surface area contributed by atoms with E-state index in [4.69, 9.17) is 4.99 Å². The molecule has 0 radical (unpaired) electrons. The molecule has 0 bridgehead atoms. The number of nitrogens with zero attached hydrogens (tertiary/aromatic N) is 2. The highest BCUT2D eigenvalue weighted by atomic mass is 32.2. The molecular weight excluding hydrogens is 328 g/mol. The summed E-state index contributed by atoms with van der Waals surface area (Å²) in [6.07, 6.45) is 1.03. The van der Waals surface area contributed by atoms with Gasteiger partial charge in [0.05, 0.1) is 17.5 Å². The molecule has 2 atom stereocenters. The fourth-order valence-corrected chi connectivity index (χ4v) is 6.88. The van der Waals surface area contributed by atoms with Crippen LogP contribution in [0, 0.1) is 0 Å². The Morgan fingerprint density at radius 3 is 2.52 bits per heavy atom. The molecule has 2 aliphatic heterocycles. The number of hydrogen-bond donors (Lipinski definition) is 0. The first-order valence-corrected chi connectivity index (χ1v) is 10.9. The first-order valence-electron chi connectivity index (χ1n) is 8.22. The van der Waals surface area contributed by atoms with Crippen LogP contribution in [0.4, 0.5) is 5.69 Å². The van der Waals surface area contributed by atoms with Crippen LogP contribution in [0.15, 0.2) is 29.3 Å². The van der Waals surface area contributed by atoms with E-state index in [9.17, 15) is 8.42 Å². The topological polar surface area (TPSA) is 49.7 Å². The van der Waals surface area contributed by atoms with Gasteiger partial charge in [0.2, 0.25) is 0 Å². The van der Waals surface area contributed by atoms with Gasteiger partial charge in [-0.15, -0.1) is 0 Å². The molecule has 0 aromatic heterocycles. The lowest BCUT2D eigenvalue weighted by Crippen LogP contribution is -2.29. The van der Waals surface area contributed by atoms with Crippen molar-refractivity contribution in [2.24, 2.45) is 4.99 Å². The first-order chi connectivity index (χ1) is 10.9. The Bertz CT molecular complexity index is 696. The maximum atomic E-state index is 11.7. The Morgan fingerprint density at radius 1 is 1.26 bits per heavy atom. The van der Waals surface area contributed by atoms with E-state index in [0.717, 1.165) is 23.8 Å². The number of anilines is 1. The smallest absolute Gasteiger partial charge is 0.164 e. The number of rotatable bonds is 4. The van der Waals surface area contributed by atoms with Crippen LogP contribution in [0.3, 0.4) is 0 Å². The Hall–Kier alpha value is -1.01. The molecule has 1 saturated heterocycles. The van der Waals surface area contributed by atoms with Gasteiger partial charge in [-0.3, -0.25) is 4.99 Å². The van der Waals surface area contributed by atoms with Gasteiger partial charge < -0.3 is 4.90 Å². The van der Waals surface area contributed by atoms with Gasteiger partial charge in [0.15, 0.2) is 15.0 Å². The number of fused-ring (bicyclic) bond motifs is 1. The third kappa shape index (κ3) is 3.58. The standard InChI is InChI=1S/C17H24N2O2S2/c1-4-9-19(14-7-5-13(6-8-14)12(2)3)17-18-15-10-23(20,21)11-16(15)22-17/h5-8,12,15-16H,4,9-11H2,1-3H3/t15-,16-/m0/s1. The number of aliphatic imine (C=N–C) groups is 1. The largest absolute Gasteiger partial charge is 0.321 e. The SMILES string of the molecule is CCCN(C1=N[C@H]2CS(=O)(=O)C[C@@H]2S1)c1ccc(C(C)C)cc1. The summed E-state index contributed by atoms with van der Waals surface area (Å²) in [5, 5.41) is 1.08. The van der Waals surface area contributed by atoms with E-state index in [-0.39, 0.29) is 22.8 Å². The van der Waals surface area contributed by atoms with Gasteiger partial charge in [-0.2, -0.15) is 0 Å². The lowest BCUT2D eigenvalue weighted by atomic mass is 10.0. The molecule has 1 aromatic rings. The lowest BCUT2D eigenvalue weighted by molar-refractivity contribution is 0.601. The van der Waals surface area contributed by atoms with Gasteiger partial charge in [0.25, 0.3) is 0 Å². The predicted molar refractivity (Wildman–Crippen MR) is 99.4 cm³/mol. The Morgan fingerprint density at radius 2 is 1.96 bits per heavy atom. The van der Waals surface area contributed by atoms with Crippen LogP contribution in [0.25, 0.3) is 0 Å². The zero-order valence-electron chi connectivity index (χ0n) is 13.9.